The van der Waals surface area contributed by atoms with E-state index in [1.54, 1.807) is 24.3 Å². The van der Waals surface area contributed by atoms with E-state index in [0.29, 0.717) is 5.56 Å². The summed E-state index contributed by atoms with van der Waals surface area (Å²) in [5.41, 5.74) is 12.3. The summed E-state index contributed by atoms with van der Waals surface area (Å²) in [6, 6.07) is 5.85. The maximum absolute atomic E-state index is 11.7. The van der Waals surface area contributed by atoms with E-state index >= 15 is 0 Å². The summed E-state index contributed by atoms with van der Waals surface area (Å²) in [5, 5.41) is 20.8. The largest absolute Gasteiger partial charge is 0.481 e. The van der Waals surface area contributed by atoms with E-state index in [4.69, 9.17) is 22.0 Å². The van der Waals surface area contributed by atoms with Crippen LogP contribution in [-0.4, -0.2) is 41.3 Å². The highest BCUT2D eigenvalue weighted by atomic mass is 16.4. The molecule has 0 radical (unpaired) electrons. The zero-order valence-corrected chi connectivity index (χ0v) is 13.0. The summed E-state index contributed by atoms with van der Waals surface area (Å²) in [6.07, 6.45) is -0.206. The first kappa shape index (κ1) is 19.1. The first-order valence-corrected chi connectivity index (χ1v) is 7.24. The van der Waals surface area contributed by atoms with Gasteiger partial charge in [-0.25, -0.2) is 0 Å². The van der Waals surface area contributed by atoms with Crippen molar-refractivity contribution in [2.45, 2.75) is 25.4 Å². The van der Waals surface area contributed by atoms with Gasteiger partial charge in [-0.3, -0.25) is 19.8 Å². The van der Waals surface area contributed by atoms with E-state index in [0.717, 1.165) is 5.56 Å². The van der Waals surface area contributed by atoms with Crippen LogP contribution in [0.2, 0.25) is 0 Å². The van der Waals surface area contributed by atoms with Crippen LogP contribution >= 0.6 is 0 Å². The Balaban J connectivity index is 2.32. The molecule has 1 rings (SSSR count). The van der Waals surface area contributed by atoms with Crippen LogP contribution in [0.4, 0.5) is 0 Å². The third kappa shape index (κ3) is 6.88. The smallest absolute Gasteiger partial charge is 0.303 e. The Kier molecular flexibility index (Phi) is 7.37. The minimum atomic E-state index is -1.04. The first-order chi connectivity index (χ1) is 11.3. The number of rotatable bonds is 9. The molecule has 0 aliphatic heterocycles. The highest BCUT2D eigenvalue weighted by Gasteiger charge is 2.15. The van der Waals surface area contributed by atoms with Crippen LogP contribution < -0.4 is 22.1 Å². The zero-order valence-electron chi connectivity index (χ0n) is 13.0. The molecule has 0 spiro atoms. The Bertz CT molecular complexity index is 615. The SMILES string of the molecule is N=C(N)c1ccc(CNC(=O)CNC(=O)[C@@H](N)CCC(=O)O)cc1. The van der Waals surface area contributed by atoms with Crippen molar-refractivity contribution in [3.8, 4) is 0 Å². The minimum absolute atomic E-state index is 0.00524. The number of nitrogen functional groups attached to an aromatic ring is 1. The molecule has 1 aromatic carbocycles. The number of carboxylic acids is 1. The number of hydrogen-bond acceptors (Lipinski definition) is 5. The third-order valence-electron chi connectivity index (χ3n) is 3.18. The maximum atomic E-state index is 11.7. The molecule has 8 N–H and O–H groups in total. The molecular formula is C15H21N5O4. The second kappa shape index (κ2) is 9.26. The molecule has 2 amide bonds. The maximum Gasteiger partial charge on any atom is 0.303 e. The Hall–Kier alpha value is -2.94. The van der Waals surface area contributed by atoms with Crippen LogP contribution in [-0.2, 0) is 20.9 Å². The number of aliphatic carboxylic acids is 1. The summed E-state index contributed by atoms with van der Waals surface area (Å²) >= 11 is 0. The van der Waals surface area contributed by atoms with Gasteiger partial charge in [0.1, 0.15) is 5.84 Å². The topological polar surface area (TPSA) is 171 Å². The summed E-state index contributed by atoms with van der Waals surface area (Å²) in [4.78, 5) is 33.7. The van der Waals surface area contributed by atoms with Crippen molar-refractivity contribution in [1.82, 2.24) is 10.6 Å². The van der Waals surface area contributed by atoms with Gasteiger partial charge in [-0.1, -0.05) is 24.3 Å². The lowest BCUT2D eigenvalue weighted by Gasteiger charge is -2.11. The Morgan fingerprint density at radius 2 is 1.79 bits per heavy atom. The van der Waals surface area contributed by atoms with Gasteiger partial charge in [0.05, 0.1) is 12.6 Å². The second-order valence-corrected chi connectivity index (χ2v) is 5.14. The third-order valence-corrected chi connectivity index (χ3v) is 3.18. The predicted octanol–water partition coefficient (Wildman–Crippen LogP) is -1.10. The fourth-order valence-electron chi connectivity index (χ4n) is 1.77. The molecule has 0 aromatic heterocycles. The molecule has 9 heteroatoms. The van der Waals surface area contributed by atoms with Gasteiger partial charge in [0.15, 0.2) is 0 Å². The average molecular weight is 335 g/mol. The lowest BCUT2D eigenvalue weighted by atomic mass is 10.1. The van der Waals surface area contributed by atoms with Gasteiger partial charge in [0.2, 0.25) is 11.8 Å². The summed E-state index contributed by atoms with van der Waals surface area (Å²) in [7, 11) is 0. The monoisotopic (exact) mass is 335 g/mol. The van der Waals surface area contributed by atoms with Crippen molar-refractivity contribution in [3.05, 3.63) is 35.4 Å². The number of amides is 2. The van der Waals surface area contributed by atoms with E-state index in [2.05, 4.69) is 10.6 Å². The highest BCUT2D eigenvalue weighted by molar-refractivity contribution is 5.94. The summed E-state index contributed by atoms with van der Waals surface area (Å²) in [6.45, 7) is 0.0170. The van der Waals surface area contributed by atoms with Gasteiger partial charge < -0.3 is 27.2 Å². The predicted molar refractivity (Wildman–Crippen MR) is 87.2 cm³/mol. The van der Waals surface area contributed by atoms with Crippen molar-refractivity contribution in [1.29, 1.82) is 5.41 Å². The van der Waals surface area contributed by atoms with Crippen LogP contribution in [0.25, 0.3) is 0 Å². The van der Waals surface area contributed by atoms with E-state index < -0.39 is 23.8 Å². The molecule has 1 atom stereocenters. The standard InChI is InChI=1S/C15H21N5O4/c16-11(5-6-13(22)23)15(24)20-8-12(21)19-7-9-1-3-10(4-2-9)14(17)18/h1-4,11H,5-8,16H2,(H3,17,18)(H,19,21)(H,20,24)(H,22,23)/t11-/m0/s1. The number of benzene rings is 1. The summed E-state index contributed by atoms with van der Waals surface area (Å²) in [5.74, 6) is -2.04. The van der Waals surface area contributed by atoms with E-state index in [9.17, 15) is 14.4 Å². The van der Waals surface area contributed by atoms with Crippen LogP contribution in [0, 0.1) is 5.41 Å². The molecule has 0 saturated heterocycles. The first-order valence-electron chi connectivity index (χ1n) is 7.24. The van der Waals surface area contributed by atoms with Crippen molar-refractivity contribution < 1.29 is 19.5 Å². The Morgan fingerprint density at radius 1 is 1.17 bits per heavy atom. The lowest BCUT2D eigenvalue weighted by Crippen LogP contribution is -2.44. The number of nitrogens with one attached hydrogen (secondary N) is 3. The fourth-order valence-corrected chi connectivity index (χ4v) is 1.77. The van der Waals surface area contributed by atoms with Crippen LogP contribution in [0.1, 0.15) is 24.0 Å². The number of nitrogens with two attached hydrogens (primary N) is 2. The van der Waals surface area contributed by atoms with E-state index in [1.807, 2.05) is 0 Å². The molecule has 0 saturated carbocycles. The molecule has 0 aliphatic rings. The molecule has 24 heavy (non-hydrogen) atoms. The Morgan fingerprint density at radius 3 is 2.33 bits per heavy atom. The van der Waals surface area contributed by atoms with Gasteiger partial charge >= 0.3 is 5.97 Å². The van der Waals surface area contributed by atoms with Crippen LogP contribution in [0.15, 0.2) is 24.3 Å². The van der Waals surface area contributed by atoms with Crippen molar-refractivity contribution in [3.63, 3.8) is 0 Å². The van der Waals surface area contributed by atoms with E-state index in [-0.39, 0.29) is 31.8 Å². The molecule has 0 unspecified atom stereocenters. The number of amidine groups is 1. The number of carbonyl (C=O) groups excluding carboxylic acids is 2. The fraction of sp³-hybridized carbons (Fsp3) is 0.333. The molecule has 0 heterocycles. The Labute approximate surface area is 138 Å². The van der Waals surface area contributed by atoms with Gasteiger partial charge in [0, 0.05) is 18.5 Å². The molecule has 1 aromatic rings. The van der Waals surface area contributed by atoms with Gasteiger partial charge in [-0.05, 0) is 12.0 Å². The summed E-state index contributed by atoms with van der Waals surface area (Å²) < 4.78 is 0. The average Bonchev–Trinajstić information content (AvgIpc) is 2.55. The van der Waals surface area contributed by atoms with Gasteiger partial charge in [-0.2, -0.15) is 0 Å². The second-order valence-electron chi connectivity index (χ2n) is 5.14. The molecule has 0 bridgehead atoms. The lowest BCUT2D eigenvalue weighted by molar-refractivity contribution is -0.137. The van der Waals surface area contributed by atoms with Gasteiger partial charge in [0.25, 0.3) is 0 Å². The van der Waals surface area contributed by atoms with Crippen LogP contribution in [0.3, 0.4) is 0 Å². The van der Waals surface area contributed by atoms with Gasteiger partial charge in [-0.15, -0.1) is 0 Å². The number of carboxylic acid groups (broad SMARTS) is 1. The van der Waals surface area contributed by atoms with Crippen LogP contribution in [0.5, 0.6) is 0 Å². The van der Waals surface area contributed by atoms with Crippen molar-refractivity contribution in [2.75, 3.05) is 6.54 Å². The number of carbonyl (C=O) groups is 3. The van der Waals surface area contributed by atoms with E-state index in [1.165, 1.54) is 0 Å². The quantitative estimate of drug-likeness (QED) is 0.247. The molecular weight excluding hydrogens is 314 g/mol. The zero-order chi connectivity index (χ0) is 18.1. The molecule has 130 valence electrons. The number of hydrogen-bond donors (Lipinski definition) is 6. The van der Waals surface area contributed by atoms with Crippen molar-refractivity contribution in [2.24, 2.45) is 11.5 Å². The minimum Gasteiger partial charge on any atom is -0.481 e. The molecule has 0 aliphatic carbocycles. The highest BCUT2D eigenvalue weighted by Crippen LogP contribution is 2.03. The molecule has 9 nitrogen and oxygen atoms in total. The normalized spacial score (nSPS) is 11.4. The van der Waals surface area contributed by atoms with Crippen molar-refractivity contribution >= 4 is 23.6 Å². The molecule has 0 fully saturated rings.